The van der Waals surface area contributed by atoms with E-state index >= 15 is 0 Å². The molecule has 0 nitrogen and oxygen atoms in total. The van der Waals surface area contributed by atoms with Crippen LogP contribution in [0.25, 0.3) is 6.08 Å². The molecule has 1 aromatic rings. The number of rotatable bonds is 1. The van der Waals surface area contributed by atoms with E-state index in [0.29, 0.717) is 0 Å². The molecular weight excluding hydrogens is 135 g/mol. The predicted molar refractivity (Wildman–Crippen MR) is 37.6 cm³/mol. The van der Waals surface area contributed by atoms with E-state index in [1.165, 1.54) is 5.56 Å². The molecular formula is C8H9K. The first kappa shape index (κ1) is 9.60. The third-order valence-corrected chi connectivity index (χ3v) is 1.04. The molecule has 0 radical (unpaired) electrons. The Balaban J connectivity index is 0. The van der Waals surface area contributed by atoms with Gasteiger partial charge in [-0.2, -0.15) is 0 Å². The van der Waals surface area contributed by atoms with Crippen molar-refractivity contribution in [1.29, 1.82) is 0 Å². The van der Waals surface area contributed by atoms with Crippen LogP contribution in [-0.2, 0) is 0 Å². The van der Waals surface area contributed by atoms with Gasteiger partial charge in [-0.05, 0) is 5.56 Å². The molecule has 42 valence electrons. The van der Waals surface area contributed by atoms with Crippen LogP contribution in [0.2, 0.25) is 0 Å². The molecule has 1 aromatic carbocycles. The van der Waals surface area contributed by atoms with Crippen molar-refractivity contribution in [3.05, 3.63) is 42.5 Å². The van der Waals surface area contributed by atoms with Crippen molar-refractivity contribution in [1.82, 2.24) is 0 Å². The topological polar surface area (TPSA) is 0 Å². The van der Waals surface area contributed by atoms with Gasteiger partial charge in [0, 0.05) is 0 Å². The maximum atomic E-state index is 3.63. The molecule has 0 spiro atoms. The Morgan fingerprint density at radius 1 is 1.22 bits per heavy atom. The number of hydrogen-bond acceptors (Lipinski definition) is 0. The molecule has 0 bridgehead atoms. The molecule has 0 aliphatic carbocycles. The summed E-state index contributed by atoms with van der Waals surface area (Å²) in [5.74, 6) is 0. The van der Waals surface area contributed by atoms with Crippen LogP contribution in [0.1, 0.15) is 6.99 Å². The molecule has 1 rings (SSSR count). The van der Waals surface area contributed by atoms with Gasteiger partial charge in [0.1, 0.15) is 0 Å². The summed E-state index contributed by atoms with van der Waals surface area (Å²) in [6.45, 7) is 3.63. The summed E-state index contributed by atoms with van der Waals surface area (Å²) in [5, 5.41) is 0. The Kier molecular flexibility index (Phi) is 5.74. The van der Waals surface area contributed by atoms with E-state index in [2.05, 4.69) is 6.58 Å². The molecule has 1 heteroatoms. The van der Waals surface area contributed by atoms with Gasteiger partial charge < -0.3 is 1.43 Å². The number of benzene rings is 1. The molecule has 0 aliphatic rings. The first-order valence-electron chi connectivity index (χ1n) is 2.61. The standard InChI is InChI=1S/C8H8.K.H/c1-2-8-6-4-3-5-7-8;;/h2-7H,1H2;;/q;+1;-1. The molecule has 0 amide bonds. The van der Waals surface area contributed by atoms with Crippen molar-refractivity contribution in [2.75, 3.05) is 0 Å². The van der Waals surface area contributed by atoms with Crippen LogP contribution in [0, 0.1) is 0 Å². The molecule has 9 heavy (non-hydrogen) atoms. The Morgan fingerprint density at radius 2 is 1.78 bits per heavy atom. The van der Waals surface area contributed by atoms with Crippen molar-refractivity contribution in [3.8, 4) is 0 Å². The zero-order chi connectivity index (χ0) is 5.82. The normalized spacial score (nSPS) is 7.56. The minimum absolute atomic E-state index is 0. The van der Waals surface area contributed by atoms with E-state index in [-0.39, 0.29) is 52.8 Å². The minimum Gasteiger partial charge on any atom is -1.00 e. The van der Waals surface area contributed by atoms with E-state index in [1.807, 2.05) is 36.4 Å². The van der Waals surface area contributed by atoms with Crippen LogP contribution in [0.5, 0.6) is 0 Å². The van der Waals surface area contributed by atoms with Crippen molar-refractivity contribution in [2.45, 2.75) is 0 Å². The summed E-state index contributed by atoms with van der Waals surface area (Å²) < 4.78 is 0. The van der Waals surface area contributed by atoms with Crippen LogP contribution in [-0.4, -0.2) is 0 Å². The van der Waals surface area contributed by atoms with Gasteiger partial charge in [0.25, 0.3) is 0 Å². The monoisotopic (exact) mass is 144 g/mol. The molecule has 0 saturated heterocycles. The van der Waals surface area contributed by atoms with Crippen molar-refractivity contribution in [2.24, 2.45) is 0 Å². The van der Waals surface area contributed by atoms with Gasteiger partial charge in [-0.1, -0.05) is 43.0 Å². The Bertz CT molecular complexity index is 172. The molecule has 0 aromatic heterocycles. The third-order valence-electron chi connectivity index (χ3n) is 1.04. The minimum atomic E-state index is 0. The SMILES string of the molecule is C=Cc1ccccc1.[H-].[K+]. The van der Waals surface area contributed by atoms with Crippen molar-refractivity contribution < 1.29 is 52.8 Å². The van der Waals surface area contributed by atoms with Gasteiger partial charge in [-0.25, -0.2) is 0 Å². The second-order valence-corrected chi connectivity index (χ2v) is 1.61. The zero-order valence-corrected chi connectivity index (χ0v) is 8.79. The Hall–Kier alpha value is 0.596. The predicted octanol–water partition coefficient (Wildman–Crippen LogP) is -0.554. The molecule has 0 fully saturated rings. The van der Waals surface area contributed by atoms with Gasteiger partial charge in [-0.15, -0.1) is 0 Å². The molecule has 0 N–H and O–H groups in total. The molecule has 0 heterocycles. The van der Waals surface area contributed by atoms with E-state index in [9.17, 15) is 0 Å². The summed E-state index contributed by atoms with van der Waals surface area (Å²) in [4.78, 5) is 0. The largest absolute Gasteiger partial charge is 1.00 e. The Morgan fingerprint density at radius 3 is 2.11 bits per heavy atom. The van der Waals surface area contributed by atoms with Gasteiger partial charge in [-0.3, -0.25) is 0 Å². The van der Waals surface area contributed by atoms with Crippen molar-refractivity contribution >= 4 is 6.08 Å². The van der Waals surface area contributed by atoms with Crippen LogP contribution in [0.3, 0.4) is 0 Å². The average molecular weight is 144 g/mol. The number of hydrogen-bond donors (Lipinski definition) is 0. The van der Waals surface area contributed by atoms with E-state index in [1.54, 1.807) is 0 Å². The molecule has 0 atom stereocenters. The summed E-state index contributed by atoms with van der Waals surface area (Å²) in [6.07, 6.45) is 1.83. The second kappa shape index (κ2) is 5.39. The van der Waals surface area contributed by atoms with Gasteiger partial charge in [0.05, 0.1) is 0 Å². The molecule has 0 saturated carbocycles. The second-order valence-electron chi connectivity index (χ2n) is 1.61. The summed E-state index contributed by atoms with van der Waals surface area (Å²) in [7, 11) is 0. The average Bonchev–Trinajstić information content (AvgIpc) is 1.90. The smallest absolute Gasteiger partial charge is 1.00 e. The van der Waals surface area contributed by atoms with Crippen LogP contribution >= 0.6 is 0 Å². The first-order valence-corrected chi connectivity index (χ1v) is 2.61. The van der Waals surface area contributed by atoms with Gasteiger partial charge >= 0.3 is 51.4 Å². The van der Waals surface area contributed by atoms with E-state index in [4.69, 9.17) is 0 Å². The zero-order valence-electron chi connectivity index (χ0n) is 6.67. The van der Waals surface area contributed by atoms with Gasteiger partial charge in [0.15, 0.2) is 0 Å². The van der Waals surface area contributed by atoms with Crippen molar-refractivity contribution in [3.63, 3.8) is 0 Å². The van der Waals surface area contributed by atoms with E-state index in [0.717, 1.165) is 0 Å². The Labute approximate surface area is 99.9 Å². The van der Waals surface area contributed by atoms with Crippen LogP contribution in [0.15, 0.2) is 36.9 Å². The maximum absolute atomic E-state index is 3.63. The van der Waals surface area contributed by atoms with Gasteiger partial charge in [0.2, 0.25) is 0 Å². The fourth-order valence-corrected chi connectivity index (χ4v) is 0.589. The molecule has 0 unspecified atom stereocenters. The fraction of sp³-hybridized carbons (Fsp3) is 0. The summed E-state index contributed by atoms with van der Waals surface area (Å²) in [5.41, 5.74) is 1.17. The molecule has 0 aliphatic heterocycles. The summed E-state index contributed by atoms with van der Waals surface area (Å²) in [6, 6.07) is 10.0. The first-order chi connectivity index (χ1) is 3.93. The quantitative estimate of drug-likeness (QED) is 0.464. The third kappa shape index (κ3) is 3.33. The van der Waals surface area contributed by atoms with Crippen LogP contribution < -0.4 is 51.4 Å². The summed E-state index contributed by atoms with van der Waals surface area (Å²) >= 11 is 0. The van der Waals surface area contributed by atoms with E-state index < -0.39 is 0 Å². The maximum Gasteiger partial charge on any atom is 1.00 e. The fourth-order valence-electron chi connectivity index (χ4n) is 0.589. The van der Waals surface area contributed by atoms with Crippen LogP contribution in [0.4, 0.5) is 0 Å².